The lowest BCUT2D eigenvalue weighted by Gasteiger charge is -2.04. The molecule has 0 atom stereocenters. The number of unbranched alkanes of at least 4 members (excludes halogenated alkanes) is 4. The van der Waals surface area contributed by atoms with Gasteiger partial charge in [0.1, 0.15) is 5.52 Å². The molecular formula is C15H19N3O3. The van der Waals surface area contributed by atoms with Crippen molar-refractivity contribution in [2.24, 2.45) is 0 Å². The molecule has 6 nitrogen and oxygen atoms in total. The van der Waals surface area contributed by atoms with E-state index in [1.165, 1.54) is 6.42 Å². The van der Waals surface area contributed by atoms with Crippen molar-refractivity contribution in [3.63, 3.8) is 0 Å². The second-order valence-corrected chi connectivity index (χ2v) is 4.91. The number of benzene rings is 1. The minimum absolute atomic E-state index is 0.282. The quantitative estimate of drug-likeness (QED) is 0.576. The van der Waals surface area contributed by atoms with Crippen LogP contribution in [0.15, 0.2) is 29.1 Å². The van der Waals surface area contributed by atoms with Gasteiger partial charge >= 0.3 is 11.5 Å². The molecule has 112 valence electrons. The van der Waals surface area contributed by atoms with E-state index < -0.39 is 11.5 Å². The minimum atomic E-state index is -0.472. The number of carbonyl (C=O) groups is 1. The zero-order chi connectivity index (χ0) is 15.1. The summed E-state index contributed by atoms with van der Waals surface area (Å²) in [4.78, 5) is 29.4. The van der Waals surface area contributed by atoms with Gasteiger partial charge in [0.25, 0.3) is 0 Å². The van der Waals surface area contributed by atoms with Crippen LogP contribution in [0.1, 0.15) is 45.4 Å². The van der Waals surface area contributed by atoms with Gasteiger partial charge < -0.3 is 4.84 Å². The van der Waals surface area contributed by atoms with E-state index in [1.807, 2.05) is 0 Å². The third kappa shape index (κ3) is 4.11. The molecule has 0 N–H and O–H groups in total. The summed E-state index contributed by atoms with van der Waals surface area (Å²) < 4.78 is 0. The Labute approximate surface area is 122 Å². The Hall–Kier alpha value is -2.24. The summed E-state index contributed by atoms with van der Waals surface area (Å²) in [6.07, 6.45) is 5.47. The molecule has 2 rings (SSSR count). The first kappa shape index (κ1) is 15.2. The van der Waals surface area contributed by atoms with E-state index in [1.54, 1.807) is 24.3 Å². The fourth-order valence-electron chi connectivity index (χ4n) is 2.05. The van der Waals surface area contributed by atoms with E-state index in [9.17, 15) is 9.59 Å². The van der Waals surface area contributed by atoms with Crippen molar-refractivity contribution in [2.45, 2.75) is 45.4 Å². The average molecular weight is 289 g/mol. The van der Waals surface area contributed by atoms with Crippen molar-refractivity contribution >= 4 is 16.9 Å². The Morgan fingerprint density at radius 1 is 1.19 bits per heavy atom. The molecule has 0 aliphatic carbocycles. The van der Waals surface area contributed by atoms with Gasteiger partial charge in [-0.05, 0) is 28.6 Å². The van der Waals surface area contributed by atoms with Gasteiger partial charge in [0, 0.05) is 6.42 Å². The van der Waals surface area contributed by atoms with E-state index in [0.717, 1.165) is 25.7 Å². The highest BCUT2D eigenvalue weighted by Gasteiger charge is 2.10. The van der Waals surface area contributed by atoms with E-state index >= 15 is 0 Å². The Balaban J connectivity index is 1.95. The van der Waals surface area contributed by atoms with Crippen LogP contribution in [-0.2, 0) is 4.79 Å². The Morgan fingerprint density at radius 2 is 1.95 bits per heavy atom. The summed E-state index contributed by atoms with van der Waals surface area (Å²) in [5.41, 5.74) is 0.00861. The van der Waals surface area contributed by atoms with Crippen LogP contribution in [0.2, 0.25) is 0 Å². The predicted molar refractivity (Wildman–Crippen MR) is 78.8 cm³/mol. The fraction of sp³-hybridized carbons (Fsp3) is 0.467. The monoisotopic (exact) mass is 289 g/mol. The van der Waals surface area contributed by atoms with Crippen LogP contribution in [-0.4, -0.2) is 21.1 Å². The molecule has 0 saturated heterocycles. The van der Waals surface area contributed by atoms with E-state index in [0.29, 0.717) is 15.7 Å². The van der Waals surface area contributed by atoms with E-state index in [4.69, 9.17) is 4.84 Å². The van der Waals surface area contributed by atoms with Crippen molar-refractivity contribution in [1.82, 2.24) is 15.2 Å². The maximum Gasteiger partial charge on any atom is 0.335 e. The second kappa shape index (κ2) is 7.52. The molecule has 0 aliphatic rings. The molecule has 1 heterocycles. The molecule has 0 fully saturated rings. The predicted octanol–water partition coefficient (Wildman–Crippen LogP) is 2.11. The summed E-state index contributed by atoms with van der Waals surface area (Å²) in [5.74, 6) is -0.460. The highest BCUT2D eigenvalue weighted by Crippen LogP contribution is 2.05. The normalized spacial score (nSPS) is 10.7. The third-order valence-electron chi connectivity index (χ3n) is 3.21. The molecule has 0 amide bonds. The van der Waals surface area contributed by atoms with Crippen molar-refractivity contribution in [3.8, 4) is 0 Å². The summed E-state index contributed by atoms with van der Waals surface area (Å²) >= 11 is 0. The standard InChI is InChI=1S/C15H19N3O3/c1-2-3-4-5-6-11-14(19)21-18-15(20)12-9-7-8-10-13(12)16-17-18/h7-10H,2-6,11H2,1H3. The highest BCUT2D eigenvalue weighted by atomic mass is 16.7. The van der Waals surface area contributed by atoms with Gasteiger partial charge in [0.2, 0.25) is 0 Å². The summed E-state index contributed by atoms with van der Waals surface area (Å²) in [5, 5.41) is 7.84. The molecule has 0 unspecified atom stereocenters. The van der Waals surface area contributed by atoms with Crippen LogP contribution in [0.4, 0.5) is 0 Å². The number of fused-ring (bicyclic) bond motifs is 1. The smallest absolute Gasteiger partial charge is 0.314 e. The number of hydrogen-bond acceptors (Lipinski definition) is 5. The minimum Gasteiger partial charge on any atom is -0.314 e. The first-order valence-corrected chi connectivity index (χ1v) is 7.28. The van der Waals surface area contributed by atoms with Gasteiger partial charge in [0.15, 0.2) is 0 Å². The molecule has 1 aromatic heterocycles. The average Bonchev–Trinajstić information content (AvgIpc) is 2.50. The maximum atomic E-state index is 12.1. The van der Waals surface area contributed by atoms with E-state index in [2.05, 4.69) is 17.2 Å². The zero-order valence-electron chi connectivity index (χ0n) is 12.1. The summed E-state index contributed by atoms with van der Waals surface area (Å²) in [6, 6.07) is 6.81. The molecule has 0 radical (unpaired) electrons. The number of carbonyl (C=O) groups excluding carboxylic acids is 1. The van der Waals surface area contributed by atoms with Crippen molar-refractivity contribution < 1.29 is 9.63 Å². The number of nitrogens with zero attached hydrogens (tertiary/aromatic N) is 3. The first-order chi connectivity index (χ1) is 10.2. The van der Waals surface area contributed by atoms with Crippen LogP contribution >= 0.6 is 0 Å². The zero-order valence-corrected chi connectivity index (χ0v) is 12.1. The number of hydrogen-bond donors (Lipinski definition) is 0. The molecule has 0 spiro atoms. The van der Waals surface area contributed by atoms with Gasteiger partial charge in [-0.2, -0.15) is 0 Å². The molecule has 21 heavy (non-hydrogen) atoms. The van der Waals surface area contributed by atoms with Crippen LogP contribution in [0, 0.1) is 0 Å². The van der Waals surface area contributed by atoms with Gasteiger partial charge in [-0.1, -0.05) is 44.7 Å². The number of rotatable bonds is 7. The Bertz CT molecular complexity index is 667. The number of aromatic nitrogens is 3. The van der Waals surface area contributed by atoms with Crippen molar-refractivity contribution in [2.75, 3.05) is 0 Å². The summed E-state index contributed by atoms with van der Waals surface area (Å²) in [6.45, 7) is 2.14. The molecule has 6 heteroatoms. The molecule has 0 saturated carbocycles. The largest absolute Gasteiger partial charge is 0.335 e. The molecule has 2 aromatic rings. The van der Waals surface area contributed by atoms with Crippen LogP contribution in [0.5, 0.6) is 0 Å². The summed E-state index contributed by atoms with van der Waals surface area (Å²) in [7, 11) is 0. The maximum absolute atomic E-state index is 12.1. The molecule has 0 aliphatic heterocycles. The first-order valence-electron chi connectivity index (χ1n) is 7.28. The van der Waals surface area contributed by atoms with Gasteiger partial charge in [0.05, 0.1) is 5.39 Å². The molecule has 0 bridgehead atoms. The van der Waals surface area contributed by atoms with Gasteiger partial charge in [-0.15, -0.1) is 5.10 Å². The lowest BCUT2D eigenvalue weighted by atomic mass is 10.1. The lowest BCUT2D eigenvalue weighted by molar-refractivity contribution is -0.146. The topological polar surface area (TPSA) is 74.1 Å². The van der Waals surface area contributed by atoms with Crippen molar-refractivity contribution in [1.29, 1.82) is 0 Å². The van der Waals surface area contributed by atoms with Crippen LogP contribution in [0.25, 0.3) is 10.9 Å². The second-order valence-electron chi connectivity index (χ2n) is 4.91. The van der Waals surface area contributed by atoms with Crippen molar-refractivity contribution in [3.05, 3.63) is 34.6 Å². The van der Waals surface area contributed by atoms with E-state index in [-0.39, 0.29) is 6.42 Å². The SMILES string of the molecule is CCCCCCCC(=O)On1nnc2ccccc2c1=O. The Kier molecular flexibility index (Phi) is 5.43. The van der Waals surface area contributed by atoms with Gasteiger partial charge in [-0.3, -0.25) is 4.79 Å². The third-order valence-corrected chi connectivity index (χ3v) is 3.21. The van der Waals surface area contributed by atoms with Gasteiger partial charge in [-0.25, -0.2) is 4.79 Å². The van der Waals surface area contributed by atoms with Crippen LogP contribution in [0.3, 0.4) is 0 Å². The fourth-order valence-corrected chi connectivity index (χ4v) is 2.05. The lowest BCUT2D eigenvalue weighted by Crippen LogP contribution is -2.33. The van der Waals surface area contributed by atoms with Crippen LogP contribution < -0.4 is 10.4 Å². The Morgan fingerprint density at radius 3 is 2.76 bits per heavy atom. The highest BCUT2D eigenvalue weighted by molar-refractivity contribution is 5.76. The molecule has 1 aromatic carbocycles. The molecular weight excluding hydrogens is 270 g/mol.